The van der Waals surface area contributed by atoms with Crippen molar-refractivity contribution in [2.75, 3.05) is 12.4 Å². The highest BCUT2D eigenvalue weighted by Gasteiger charge is 2.10. The molecule has 0 aromatic carbocycles. The Morgan fingerprint density at radius 1 is 1.28 bits per heavy atom. The lowest BCUT2D eigenvalue weighted by Gasteiger charge is -2.05. The summed E-state index contributed by atoms with van der Waals surface area (Å²) in [7, 11) is 1.62. The van der Waals surface area contributed by atoms with Crippen molar-refractivity contribution in [3.63, 3.8) is 0 Å². The molecule has 5 nitrogen and oxygen atoms in total. The van der Waals surface area contributed by atoms with Gasteiger partial charge < -0.3 is 10.3 Å². The summed E-state index contributed by atoms with van der Waals surface area (Å²) in [5, 5.41) is 3.61. The van der Waals surface area contributed by atoms with E-state index in [4.69, 9.17) is 0 Å². The normalized spacial score (nSPS) is 10.8. The van der Waals surface area contributed by atoms with Crippen LogP contribution in [0, 0.1) is 5.82 Å². The first kappa shape index (κ1) is 10.6. The molecule has 0 radical (unpaired) electrons. The Kier molecular flexibility index (Phi) is 2.40. The summed E-state index contributed by atoms with van der Waals surface area (Å²) < 4.78 is 13.3. The van der Waals surface area contributed by atoms with Crippen molar-refractivity contribution in [3.8, 4) is 11.4 Å². The van der Waals surface area contributed by atoms with Crippen LogP contribution < -0.4 is 5.32 Å². The third kappa shape index (κ3) is 1.58. The molecular formula is C12H10FN5. The predicted octanol–water partition coefficient (Wildman–Crippen LogP) is 2.20. The molecule has 6 heteroatoms. The molecule has 0 spiro atoms. The zero-order valence-electron chi connectivity index (χ0n) is 9.61. The minimum atomic E-state index is -0.472. The Bertz CT molecular complexity index is 707. The molecule has 0 bridgehead atoms. The van der Waals surface area contributed by atoms with Gasteiger partial charge in [0.25, 0.3) is 0 Å². The monoisotopic (exact) mass is 243 g/mol. The molecule has 0 atom stereocenters. The van der Waals surface area contributed by atoms with Gasteiger partial charge in [-0.15, -0.1) is 0 Å². The molecule has 3 aromatic rings. The predicted molar refractivity (Wildman–Crippen MR) is 66.6 cm³/mol. The van der Waals surface area contributed by atoms with Gasteiger partial charge in [0, 0.05) is 30.4 Å². The molecule has 18 heavy (non-hydrogen) atoms. The SMILES string of the molecule is CNc1nc(-c2ccnc3[nH]ccc23)ncc1F. The van der Waals surface area contributed by atoms with Crippen molar-refractivity contribution in [1.82, 2.24) is 19.9 Å². The Balaban J connectivity index is 2.23. The van der Waals surface area contributed by atoms with E-state index < -0.39 is 5.82 Å². The van der Waals surface area contributed by atoms with Gasteiger partial charge >= 0.3 is 0 Å². The first-order valence-corrected chi connectivity index (χ1v) is 5.42. The van der Waals surface area contributed by atoms with Gasteiger partial charge in [-0.05, 0) is 12.1 Å². The second kappa shape index (κ2) is 4.06. The molecule has 0 amide bonds. The van der Waals surface area contributed by atoms with Gasteiger partial charge in [0.05, 0.1) is 6.20 Å². The lowest BCUT2D eigenvalue weighted by molar-refractivity contribution is 0.619. The Labute approximate surface area is 102 Å². The van der Waals surface area contributed by atoms with E-state index in [2.05, 4.69) is 25.3 Å². The molecular weight excluding hydrogens is 233 g/mol. The number of nitrogens with one attached hydrogen (secondary N) is 2. The number of pyridine rings is 1. The van der Waals surface area contributed by atoms with Crippen molar-refractivity contribution in [2.24, 2.45) is 0 Å². The van der Waals surface area contributed by atoms with E-state index in [1.807, 2.05) is 12.1 Å². The highest BCUT2D eigenvalue weighted by atomic mass is 19.1. The van der Waals surface area contributed by atoms with Gasteiger partial charge in [-0.1, -0.05) is 0 Å². The lowest BCUT2D eigenvalue weighted by Crippen LogP contribution is -2.00. The number of hydrogen-bond acceptors (Lipinski definition) is 4. The van der Waals surface area contributed by atoms with Crippen molar-refractivity contribution >= 4 is 16.9 Å². The molecule has 0 aliphatic heterocycles. The summed E-state index contributed by atoms with van der Waals surface area (Å²) in [6, 6.07) is 3.70. The van der Waals surface area contributed by atoms with Crippen LogP contribution in [0.3, 0.4) is 0 Å². The van der Waals surface area contributed by atoms with Gasteiger partial charge in [0.1, 0.15) is 5.65 Å². The molecule has 0 saturated carbocycles. The van der Waals surface area contributed by atoms with Crippen LogP contribution in [0.5, 0.6) is 0 Å². The number of anilines is 1. The van der Waals surface area contributed by atoms with Gasteiger partial charge in [0.15, 0.2) is 17.5 Å². The minimum absolute atomic E-state index is 0.181. The van der Waals surface area contributed by atoms with E-state index in [0.717, 1.165) is 22.8 Å². The van der Waals surface area contributed by atoms with Gasteiger partial charge in [-0.3, -0.25) is 0 Å². The second-order valence-corrected chi connectivity index (χ2v) is 3.74. The fourth-order valence-electron chi connectivity index (χ4n) is 1.83. The van der Waals surface area contributed by atoms with Gasteiger partial charge in [0.2, 0.25) is 0 Å². The smallest absolute Gasteiger partial charge is 0.183 e. The molecule has 0 fully saturated rings. The standard InChI is InChI=1S/C12H10FN5/c1-14-12-9(13)6-17-11(18-12)8-3-5-16-10-7(8)2-4-15-10/h2-6H,1H3,(H,15,16)(H,14,17,18). The largest absolute Gasteiger partial charge is 0.371 e. The van der Waals surface area contributed by atoms with Crippen molar-refractivity contribution < 1.29 is 4.39 Å². The topological polar surface area (TPSA) is 66.5 Å². The summed E-state index contributed by atoms with van der Waals surface area (Å²) in [6.07, 6.45) is 4.62. The van der Waals surface area contributed by atoms with Crippen molar-refractivity contribution in [1.29, 1.82) is 0 Å². The zero-order valence-corrected chi connectivity index (χ0v) is 9.61. The van der Waals surface area contributed by atoms with Crippen molar-refractivity contribution in [2.45, 2.75) is 0 Å². The molecule has 0 aliphatic rings. The fourth-order valence-corrected chi connectivity index (χ4v) is 1.83. The average molecular weight is 243 g/mol. The number of nitrogens with zero attached hydrogens (tertiary/aromatic N) is 3. The summed E-state index contributed by atoms with van der Waals surface area (Å²) in [4.78, 5) is 15.4. The van der Waals surface area contributed by atoms with E-state index in [1.165, 1.54) is 0 Å². The number of H-pyrrole nitrogens is 1. The second-order valence-electron chi connectivity index (χ2n) is 3.74. The lowest BCUT2D eigenvalue weighted by atomic mass is 10.2. The molecule has 0 saturated heterocycles. The maximum Gasteiger partial charge on any atom is 0.183 e. The molecule has 0 unspecified atom stereocenters. The summed E-state index contributed by atoms with van der Waals surface area (Å²) >= 11 is 0. The molecule has 3 aromatic heterocycles. The van der Waals surface area contributed by atoms with Crippen LogP contribution in [-0.4, -0.2) is 27.0 Å². The number of aromatic nitrogens is 4. The van der Waals surface area contributed by atoms with Crippen molar-refractivity contribution in [3.05, 3.63) is 36.5 Å². The molecule has 90 valence electrons. The molecule has 3 rings (SSSR count). The van der Waals surface area contributed by atoms with Gasteiger partial charge in [-0.25, -0.2) is 19.3 Å². The van der Waals surface area contributed by atoms with E-state index in [0.29, 0.717) is 5.82 Å². The zero-order chi connectivity index (χ0) is 12.5. The average Bonchev–Trinajstić information content (AvgIpc) is 2.87. The summed E-state index contributed by atoms with van der Waals surface area (Å²) in [5.41, 5.74) is 1.57. The Morgan fingerprint density at radius 2 is 2.17 bits per heavy atom. The summed E-state index contributed by atoms with van der Waals surface area (Å²) in [6.45, 7) is 0. The number of fused-ring (bicyclic) bond motifs is 1. The minimum Gasteiger partial charge on any atom is -0.371 e. The van der Waals surface area contributed by atoms with E-state index in [-0.39, 0.29) is 5.82 Å². The number of halogens is 1. The maximum absolute atomic E-state index is 13.3. The molecule has 3 heterocycles. The van der Waals surface area contributed by atoms with Crippen LogP contribution in [0.4, 0.5) is 10.2 Å². The third-order valence-corrected chi connectivity index (χ3v) is 2.68. The van der Waals surface area contributed by atoms with Crippen LogP contribution in [0.15, 0.2) is 30.7 Å². The van der Waals surface area contributed by atoms with Crippen LogP contribution in [-0.2, 0) is 0 Å². The number of rotatable bonds is 2. The fraction of sp³-hybridized carbons (Fsp3) is 0.0833. The number of hydrogen-bond donors (Lipinski definition) is 2. The molecule has 2 N–H and O–H groups in total. The number of aromatic amines is 1. The van der Waals surface area contributed by atoms with Gasteiger partial charge in [-0.2, -0.15) is 0 Å². The highest BCUT2D eigenvalue weighted by Crippen LogP contribution is 2.25. The Morgan fingerprint density at radius 3 is 3.00 bits per heavy atom. The summed E-state index contributed by atoms with van der Waals surface area (Å²) in [5.74, 6) is 0.175. The van der Waals surface area contributed by atoms with Crippen LogP contribution in [0.25, 0.3) is 22.4 Å². The van der Waals surface area contributed by atoms with E-state index in [1.54, 1.807) is 19.4 Å². The Hall–Kier alpha value is -2.50. The van der Waals surface area contributed by atoms with Crippen LogP contribution in [0.1, 0.15) is 0 Å². The van der Waals surface area contributed by atoms with E-state index >= 15 is 0 Å². The molecule has 0 aliphatic carbocycles. The maximum atomic E-state index is 13.3. The first-order chi connectivity index (χ1) is 8.79. The van der Waals surface area contributed by atoms with Crippen LogP contribution >= 0.6 is 0 Å². The quantitative estimate of drug-likeness (QED) is 0.724. The highest BCUT2D eigenvalue weighted by molar-refractivity contribution is 5.90. The first-order valence-electron chi connectivity index (χ1n) is 5.42. The van der Waals surface area contributed by atoms with E-state index in [9.17, 15) is 4.39 Å². The van der Waals surface area contributed by atoms with Crippen LogP contribution in [0.2, 0.25) is 0 Å². The third-order valence-electron chi connectivity index (χ3n) is 2.68.